The first-order chi connectivity index (χ1) is 10.3. The van der Waals surface area contributed by atoms with Crippen LogP contribution >= 0.6 is 0 Å². The van der Waals surface area contributed by atoms with E-state index in [-0.39, 0.29) is 79.2 Å². The third kappa shape index (κ3) is 7.37. The summed E-state index contributed by atoms with van der Waals surface area (Å²) >= 11 is 0. The van der Waals surface area contributed by atoms with Gasteiger partial charge in [-0.1, -0.05) is 0 Å². The van der Waals surface area contributed by atoms with Crippen LogP contribution in [0, 0.1) is 0 Å². The molecule has 0 spiro atoms. The number of aliphatic hydroxyl groups is 1. The van der Waals surface area contributed by atoms with Crippen molar-refractivity contribution in [2.75, 3.05) is 26.4 Å². The smallest absolute Gasteiger partial charge is 1.00 e. The maximum absolute atomic E-state index is 11.9. The van der Waals surface area contributed by atoms with Crippen molar-refractivity contribution in [3.05, 3.63) is 29.3 Å². The Morgan fingerprint density at radius 2 is 1.52 bits per heavy atom. The van der Waals surface area contributed by atoms with Crippen molar-refractivity contribution in [3.63, 3.8) is 0 Å². The molecule has 0 amide bonds. The van der Waals surface area contributed by atoms with E-state index in [1.54, 1.807) is 0 Å². The molecule has 9 nitrogen and oxygen atoms in total. The molecule has 0 saturated carbocycles. The summed E-state index contributed by atoms with van der Waals surface area (Å²) in [4.78, 5) is 21.3. The number of hydrogen-bond acceptors (Lipinski definition) is 7. The summed E-state index contributed by atoms with van der Waals surface area (Å²) in [5, 5.41) is 26.2. The average molecular weight is 374 g/mol. The van der Waals surface area contributed by atoms with Gasteiger partial charge in [0.1, 0.15) is 0 Å². The van der Waals surface area contributed by atoms with Gasteiger partial charge in [-0.2, -0.15) is 8.42 Å². The zero-order valence-corrected chi connectivity index (χ0v) is 16.2. The van der Waals surface area contributed by atoms with E-state index in [4.69, 9.17) is 20.1 Å². The molecule has 1 rings (SSSR count). The third-order valence-electron chi connectivity index (χ3n) is 2.39. The summed E-state index contributed by atoms with van der Waals surface area (Å²) in [6, 6.07) is 2.45. The van der Waals surface area contributed by atoms with Crippen LogP contribution in [0.4, 0.5) is 0 Å². The number of rotatable bonds is 9. The second-order valence-corrected chi connectivity index (χ2v) is 5.58. The average Bonchev–Trinajstić information content (AvgIpc) is 2.46. The van der Waals surface area contributed by atoms with Gasteiger partial charge in [0.05, 0.1) is 42.4 Å². The van der Waals surface area contributed by atoms with Crippen LogP contribution < -0.4 is 51.4 Å². The molecule has 0 unspecified atom stereocenters. The SMILES string of the molecule is O=C(O)c1cc(C(=O)O)cc(S(=O)(=O)OCCOCCO)c1.[H-].[K+]. The van der Waals surface area contributed by atoms with E-state index in [0.717, 1.165) is 18.2 Å². The van der Waals surface area contributed by atoms with Crippen molar-refractivity contribution in [2.24, 2.45) is 0 Å². The van der Waals surface area contributed by atoms with Gasteiger partial charge in [0.15, 0.2) is 0 Å². The Kier molecular flexibility index (Phi) is 10.3. The summed E-state index contributed by atoms with van der Waals surface area (Å²) < 4.78 is 33.2. The number of carbonyl (C=O) groups is 2. The van der Waals surface area contributed by atoms with Gasteiger partial charge in [-0.05, 0) is 18.2 Å². The van der Waals surface area contributed by atoms with Crippen molar-refractivity contribution in [1.29, 1.82) is 0 Å². The van der Waals surface area contributed by atoms with Crippen LogP contribution in [0.1, 0.15) is 22.1 Å². The van der Waals surface area contributed by atoms with E-state index in [2.05, 4.69) is 4.18 Å². The summed E-state index contributed by atoms with van der Waals surface area (Å²) in [5.41, 5.74) is -0.975. The third-order valence-corrected chi connectivity index (χ3v) is 3.68. The minimum Gasteiger partial charge on any atom is -1.00 e. The zero-order valence-electron chi connectivity index (χ0n) is 13.3. The minimum absolute atomic E-state index is 0. The van der Waals surface area contributed by atoms with E-state index >= 15 is 0 Å². The number of hydrogen-bond donors (Lipinski definition) is 3. The Morgan fingerprint density at radius 3 is 1.96 bits per heavy atom. The van der Waals surface area contributed by atoms with Gasteiger partial charge in [0, 0.05) is 0 Å². The molecule has 0 bridgehead atoms. The first kappa shape index (κ1) is 22.6. The molecule has 11 heteroatoms. The Bertz CT molecular complexity index is 630. The van der Waals surface area contributed by atoms with Crippen LogP contribution in [-0.4, -0.2) is 62.1 Å². The molecular formula is C12H15KO9S. The summed E-state index contributed by atoms with van der Waals surface area (Å²) in [6.07, 6.45) is 0. The standard InChI is InChI=1S/C12H14O9S.K.H/c13-1-2-20-3-4-21-22(18,19)10-6-8(11(14)15)5-9(7-10)12(16)17;;/h5-7,13H,1-4H2,(H,14,15)(H,16,17);;/q;+1;-1. The maximum atomic E-state index is 11.9. The molecule has 23 heavy (non-hydrogen) atoms. The molecule has 0 aliphatic heterocycles. The fraction of sp³-hybridized carbons (Fsp3) is 0.333. The number of carboxylic acids is 2. The van der Waals surface area contributed by atoms with Crippen LogP contribution in [0.15, 0.2) is 23.1 Å². The molecule has 3 N–H and O–H groups in total. The van der Waals surface area contributed by atoms with Crippen molar-refractivity contribution < 1.29 is 95.1 Å². The van der Waals surface area contributed by atoms with E-state index in [0.29, 0.717) is 0 Å². The van der Waals surface area contributed by atoms with Crippen molar-refractivity contribution in [3.8, 4) is 0 Å². The molecule has 0 radical (unpaired) electrons. The molecule has 1 aromatic rings. The predicted molar refractivity (Wildman–Crippen MR) is 72.5 cm³/mol. The number of aromatic carboxylic acids is 2. The Labute approximate surface area is 176 Å². The minimum atomic E-state index is -4.33. The monoisotopic (exact) mass is 374 g/mol. The first-order valence-electron chi connectivity index (χ1n) is 5.97. The summed E-state index contributed by atoms with van der Waals surface area (Å²) in [6.45, 7) is -0.678. The topological polar surface area (TPSA) is 147 Å². The second kappa shape index (κ2) is 10.5. The predicted octanol–water partition coefficient (Wildman–Crippen LogP) is -3.09. The van der Waals surface area contributed by atoms with Crippen LogP contribution in [-0.2, 0) is 19.0 Å². The Balaban J connectivity index is 0. The zero-order chi connectivity index (χ0) is 16.8. The molecule has 0 atom stereocenters. The fourth-order valence-corrected chi connectivity index (χ4v) is 2.39. The van der Waals surface area contributed by atoms with E-state index < -0.39 is 38.1 Å². The Hall–Kier alpha value is -0.374. The second-order valence-electron chi connectivity index (χ2n) is 3.97. The molecule has 0 aliphatic carbocycles. The van der Waals surface area contributed by atoms with Gasteiger partial charge in [-0.3, -0.25) is 4.18 Å². The molecule has 0 fully saturated rings. The maximum Gasteiger partial charge on any atom is 1.00 e. The molecule has 124 valence electrons. The summed E-state index contributed by atoms with van der Waals surface area (Å²) in [7, 11) is -4.33. The first-order valence-corrected chi connectivity index (χ1v) is 7.38. The van der Waals surface area contributed by atoms with Crippen molar-refractivity contribution >= 4 is 22.1 Å². The van der Waals surface area contributed by atoms with E-state index in [9.17, 15) is 18.0 Å². The van der Waals surface area contributed by atoms with Gasteiger partial charge >= 0.3 is 63.3 Å². The van der Waals surface area contributed by atoms with Crippen molar-refractivity contribution in [2.45, 2.75) is 4.90 Å². The molecule has 0 saturated heterocycles. The van der Waals surface area contributed by atoms with Gasteiger partial charge in [-0.15, -0.1) is 0 Å². The summed E-state index contributed by atoms with van der Waals surface area (Å²) in [5.74, 6) is -2.93. The molecule has 0 heterocycles. The number of benzene rings is 1. The molecule has 0 aromatic heterocycles. The van der Waals surface area contributed by atoms with Gasteiger partial charge in [0.25, 0.3) is 10.1 Å². The number of ether oxygens (including phenoxy) is 1. The van der Waals surface area contributed by atoms with Crippen molar-refractivity contribution in [1.82, 2.24) is 0 Å². The van der Waals surface area contributed by atoms with Gasteiger partial charge in [-0.25, -0.2) is 9.59 Å². The van der Waals surface area contributed by atoms with Crippen LogP contribution in [0.2, 0.25) is 0 Å². The number of aliphatic hydroxyl groups excluding tert-OH is 1. The normalized spacial score (nSPS) is 10.8. The molecule has 0 aliphatic rings. The molecule has 1 aromatic carbocycles. The largest absolute Gasteiger partial charge is 1.00 e. The van der Waals surface area contributed by atoms with E-state index in [1.165, 1.54) is 0 Å². The molecular weight excluding hydrogens is 359 g/mol. The van der Waals surface area contributed by atoms with E-state index in [1.807, 2.05) is 0 Å². The fourth-order valence-electron chi connectivity index (χ4n) is 1.43. The number of carboxylic acid groups (broad SMARTS) is 2. The quantitative estimate of drug-likeness (QED) is 0.232. The van der Waals surface area contributed by atoms with Crippen LogP contribution in [0.3, 0.4) is 0 Å². The van der Waals surface area contributed by atoms with Crippen LogP contribution in [0.25, 0.3) is 0 Å². The Morgan fingerprint density at radius 1 is 1.00 bits per heavy atom. The van der Waals surface area contributed by atoms with Gasteiger partial charge < -0.3 is 21.5 Å². The van der Waals surface area contributed by atoms with Gasteiger partial charge in [0.2, 0.25) is 0 Å². The van der Waals surface area contributed by atoms with Crippen LogP contribution in [0.5, 0.6) is 0 Å².